The van der Waals surface area contributed by atoms with Gasteiger partial charge >= 0.3 is 6.03 Å². The van der Waals surface area contributed by atoms with Crippen LogP contribution in [0.25, 0.3) is 0 Å². The number of amides is 2. The topological polar surface area (TPSA) is 54.5 Å². The minimum absolute atomic E-state index is 0.195. The average Bonchev–Trinajstić information content (AvgIpc) is 3.03. The number of ether oxygens (including phenoxy) is 1. The summed E-state index contributed by atoms with van der Waals surface area (Å²) < 4.78 is 18.6. The van der Waals surface area contributed by atoms with Crippen LogP contribution in [0.1, 0.15) is 23.2 Å². The van der Waals surface area contributed by atoms with Crippen LogP contribution in [0.4, 0.5) is 9.18 Å². The normalized spacial score (nSPS) is 10.5. The number of nitrogens with one attached hydrogen (secondary N) is 1. The zero-order chi connectivity index (χ0) is 17.5. The molecule has 2 rings (SSSR count). The summed E-state index contributed by atoms with van der Waals surface area (Å²) in [5.41, 5.74) is 1.70. The molecule has 0 bridgehead atoms. The van der Waals surface area contributed by atoms with Crippen molar-refractivity contribution in [3.8, 4) is 5.75 Å². The summed E-state index contributed by atoms with van der Waals surface area (Å²) in [6.07, 6.45) is 1.63. The van der Waals surface area contributed by atoms with E-state index in [9.17, 15) is 9.18 Å². The van der Waals surface area contributed by atoms with E-state index in [-0.39, 0.29) is 11.8 Å². The summed E-state index contributed by atoms with van der Waals surface area (Å²) in [6.45, 7) is 2.91. The number of aromatic nitrogens is 1. The first-order valence-electron chi connectivity index (χ1n) is 7.78. The van der Waals surface area contributed by atoms with Gasteiger partial charge in [-0.3, -0.25) is 0 Å². The number of hydrogen-bond donors (Lipinski definition) is 1. The molecular weight excluding hydrogens is 329 g/mol. The van der Waals surface area contributed by atoms with Gasteiger partial charge in [0.05, 0.1) is 17.8 Å². The van der Waals surface area contributed by atoms with Gasteiger partial charge in [-0.25, -0.2) is 14.2 Å². The summed E-state index contributed by atoms with van der Waals surface area (Å²) in [6, 6.07) is 4.48. The lowest BCUT2D eigenvalue weighted by Crippen LogP contribution is -2.37. The number of carbonyl (C=O) groups is 1. The van der Waals surface area contributed by atoms with Crippen LogP contribution < -0.4 is 10.1 Å². The second-order valence-corrected chi connectivity index (χ2v) is 6.34. The van der Waals surface area contributed by atoms with Gasteiger partial charge in [-0.1, -0.05) is 13.0 Å². The number of thiazole rings is 1. The molecule has 5 nitrogen and oxygen atoms in total. The smallest absolute Gasteiger partial charge is 0.317 e. The van der Waals surface area contributed by atoms with Gasteiger partial charge in [0.1, 0.15) is 0 Å². The van der Waals surface area contributed by atoms with Crippen molar-refractivity contribution in [2.24, 2.45) is 0 Å². The second kappa shape index (κ2) is 8.63. The first kappa shape index (κ1) is 18.2. The number of halogens is 1. The lowest BCUT2D eigenvalue weighted by Gasteiger charge is -2.18. The molecule has 0 spiro atoms. The highest BCUT2D eigenvalue weighted by atomic mass is 32.1. The minimum Gasteiger partial charge on any atom is -0.494 e. The van der Waals surface area contributed by atoms with E-state index in [2.05, 4.69) is 17.2 Å². The Morgan fingerprint density at radius 2 is 2.25 bits per heavy atom. The molecule has 0 aliphatic rings. The van der Waals surface area contributed by atoms with E-state index in [0.717, 1.165) is 17.1 Å². The summed E-state index contributed by atoms with van der Waals surface area (Å²) in [4.78, 5) is 18.1. The molecule has 0 unspecified atom stereocenters. The van der Waals surface area contributed by atoms with Crippen LogP contribution in [0.5, 0.6) is 5.75 Å². The minimum atomic E-state index is -0.431. The van der Waals surface area contributed by atoms with Crippen LogP contribution in [-0.2, 0) is 19.4 Å². The first-order valence-corrected chi connectivity index (χ1v) is 8.66. The first-order chi connectivity index (χ1) is 11.5. The van der Waals surface area contributed by atoms with Crippen LogP contribution >= 0.6 is 11.3 Å². The van der Waals surface area contributed by atoms with Gasteiger partial charge in [0.15, 0.2) is 11.6 Å². The van der Waals surface area contributed by atoms with E-state index in [4.69, 9.17) is 4.74 Å². The quantitative estimate of drug-likeness (QED) is 0.833. The van der Waals surface area contributed by atoms with Gasteiger partial charge in [-0.05, 0) is 24.1 Å². The predicted molar refractivity (Wildman–Crippen MR) is 93.0 cm³/mol. The molecule has 0 saturated heterocycles. The molecule has 0 aliphatic carbocycles. The van der Waals surface area contributed by atoms with Gasteiger partial charge in [0.2, 0.25) is 0 Å². The Labute approximate surface area is 145 Å². The van der Waals surface area contributed by atoms with E-state index in [0.29, 0.717) is 25.1 Å². The number of hydrogen-bond acceptors (Lipinski definition) is 4. The van der Waals surface area contributed by atoms with Gasteiger partial charge in [-0.2, -0.15) is 0 Å². The van der Waals surface area contributed by atoms with Crippen LogP contribution in [0.2, 0.25) is 0 Å². The third kappa shape index (κ3) is 4.92. The fourth-order valence-electron chi connectivity index (χ4n) is 2.21. The maximum atomic E-state index is 13.7. The fraction of sp³-hybridized carbons (Fsp3) is 0.412. The van der Waals surface area contributed by atoms with Gasteiger partial charge in [0, 0.05) is 31.9 Å². The Morgan fingerprint density at radius 1 is 1.46 bits per heavy atom. The van der Waals surface area contributed by atoms with Crippen LogP contribution in [0.3, 0.4) is 0 Å². The monoisotopic (exact) mass is 351 g/mol. The Hall–Kier alpha value is -2.15. The van der Waals surface area contributed by atoms with Crippen molar-refractivity contribution in [1.82, 2.24) is 15.2 Å². The molecule has 24 heavy (non-hydrogen) atoms. The molecule has 7 heteroatoms. The Bertz CT molecular complexity index is 690. The van der Waals surface area contributed by atoms with Crippen LogP contribution in [0, 0.1) is 5.82 Å². The highest BCUT2D eigenvalue weighted by Gasteiger charge is 2.11. The lowest BCUT2D eigenvalue weighted by atomic mass is 10.2. The lowest BCUT2D eigenvalue weighted by molar-refractivity contribution is 0.207. The largest absolute Gasteiger partial charge is 0.494 e. The third-order valence-electron chi connectivity index (χ3n) is 3.54. The number of rotatable bonds is 7. The summed E-state index contributed by atoms with van der Waals surface area (Å²) in [7, 11) is 3.10. The number of methoxy groups -OCH3 is 1. The summed E-state index contributed by atoms with van der Waals surface area (Å²) in [5, 5.41) is 5.98. The summed E-state index contributed by atoms with van der Waals surface area (Å²) in [5.74, 6) is -0.236. The molecule has 1 heterocycles. The molecule has 0 saturated carbocycles. The fourth-order valence-corrected chi connectivity index (χ4v) is 2.99. The maximum Gasteiger partial charge on any atom is 0.317 e. The van der Waals surface area contributed by atoms with Gasteiger partial charge in [0.25, 0.3) is 0 Å². The molecule has 0 fully saturated rings. The molecule has 0 atom stereocenters. The molecule has 1 aromatic heterocycles. The van der Waals surface area contributed by atoms with Crippen molar-refractivity contribution in [3.63, 3.8) is 0 Å². The highest BCUT2D eigenvalue weighted by molar-refractivity contribution is 7.09. The molecule has 1 aromatic carbocycles. The Kier molecular flexibility index (Phi) is 6.54. The van der Waals surface area contributed by atoms with E-state index in [1.165, 1.54) is 18.1 Å². The third-order valence-corrected chi connectivity index (χ3v) is 4.58. The molecule has 2 amide bonds. The highest BCUT2D eigenvalue weighted by Crippen LogP contribution is 2.18. The molecule has 0 aliphatic heterocycles. The SMILES string of the molecule is CCc1nc(CCNC(=O)N(C)Cc2ccc(OC)c(F)c2)cs1. The van der Waals surface area contributed by atoms with Gasteiger partial charge < -0.3 is 15.0 Å². The molecule has 1 N–H and O–H groups in total. The second-order valence-electron chi connectivity index (χ2n) is 5.39. The molecule has 130 valence electrons. The summed E-state index contributed by atoms with van der Waals surface area (Å²) >= 11 is 1.64. The van der Waals surface area contributed by atoms with Gasteiger partial charge in [-0.15, -0.1) is 11.3 Å². The van der Waals surface area contributed by atoms with Crippen molar-refractivity contribution in [2.45, 2.75) is 26.3 Å². The van der Waals surface area contributed by atoms with E-state index in [1.54, 1.807) is 30.5 Å². The maximum absolute atomic E-state index is 13.7. The van der Waals surface area contributed by atoms with Crippen molar-refractivity contribution in [1.29, 1.82) is 0 Å². The number of nitrogens with zero attached hydrogens (tertiary/aromatic N) is 2. The molecule has 2 aromatic rings. The zero-order valence-electron chi connectivity index (χ0n) is 14.1. The van der Waals surface area contributed by atoms with E-state index in [1.807, 2.05) is 5.38 Å². The Morgan fingerprint density at radius 3 is 2.88 bits per heavy atom. The van der Waals surface area contributed by atoms with Crippen LogP contribution in [-0.4, -0.2) is 36.6 Å². The number of benzene rings is 1. The van der Waals surface area contributed by atoms with Crippen LogP contribution in [0.15, 0.2) is 23.6 Å². The van der Waals surface area contributed by atoms with Crippen molar-refractivity contribution < 1.29 is 13.9 Å². The predicted octanol–water partition coefficient (Wildman–Crippen LogP) is 3.24. The average molecular weight is 351 g/mol. The van der Waals surface area contributed by atoms with E-state index >= 15 is 0 Å². The van der Waals surface area contributed by atoms with E-state index < -0.39 is 5.82 Å². The Balaban J connectivity index is 1.80. The van der Waals surface area contributed by atoms with Crippen molar-refractivity contribution in [3.05, 3.63) is 45.7 Å². The number of aryl methyl sites for hydroxylation is 1. The number of carbonyl (C=O) groups excluding carboxylic acids is 1. The molecule has 0 radical (unpaired) electrons. The zero-order valence-corrected chi connectivity index (χ0v) is 15.0. The van der Waals surface area contributed by atoms with Crippen molar-refractivity contribution >= 4 is 17.4 Å². The van der Waals surface area contributed by atoms with Crippen molar-refractivity contribution in [2.75, 3.05) is 20.7 Å². The number of urea groups is 1. The molecular formula is C17H22FN3O2S. The standard InChI is InChI=1S/C17H22FN3O2S/c1-4-16-20-13(11-24-16)7-8-19-17(22)21(2)10-12-5-6-15(23-3)14(18)9-12/h5-6,9,11H,4,7-8,10H2,1-3H3,(H,19,22).